The molecule has 1 aliphatic heterocycles. The van der Waals surface area contributed by atoms with Crippen LogP contribution in [0.5, 0.6) is 0 Å². The Labute approximate surface area is 177 Å². The van der Waals surface area contributed by atoms with Crippen molar-refractivity contribution in [3.8, 4) is 11.3 Å². The molecule has 2 N–H and O–H groups in total. The third-order valence-electron chi connectivity index (χ3n) is 4.78. The van der Waals surface area contributed by atoms with E-state index in [-0.39, 0.29) is 5.91 Å². The van der Waals surface area contributed by atoms with Crippen LogP contribution in [-0.4, -0.2) is 27.9 Å². The number of fused-ring (bicyclic) bond motifs is 1. The van der Waals surface area contributed by atoms with E-state index in [4.69, 9.17) is 27.9 Å². The zero-order valence-corrected chi connectivity index (χ0v) is 16.9. The Morgan fingerprint density at radius 3 is 2.83 bits per heavy atom. The van der Waals surface area contributed by atoms with Gasteiger partial charge in [-0.05, 0) is 30.7 Å². The van der Waals surface area contributed by atoms with Crippen LogP contribution in [0.15, 0.2) is 48.7 Å². The van der Waals surface area contributed by atoms with Gasteiger partial charge in [0.25, 0.3) is 5.91 Å². The van der Waals surface area contributed by atoms with Crippen LogP contribution in [0.3, 0.4) is 0 Å². The highest BCUT2D eigenvalue weighted by Gasteiger charge is 2.32. The molecular formula is C21H17Cl2N3O3. The van der Waals surface area contributed by atoms with Crippen LogP contribution in [0.4, 0.5) is 0 Å². The summed E-state index contributed by atoms with van der Waals surface area (Å²) in [5.74, 6) is -0.283. The van der Waals surface area contributed by atoms with Gasteiger partial charge in [0.2, 0.25) is 0 Å². The van der Waals surface area contributed by atoms with Gasteiger partial charge in [-0.3, -0.25) is 4.79 Å². The molecule has 148 valence electrons. The summed E-state index contributed by atoms with van der Waals surface area (Å²) in [7, 11) is 0. The summed E-state index contributed by atoms with van der Waals surface area (Å²) in [4.78, 5) is 32.3. The van der Waals surface area contributed by atoms with Crippen molar-refractivity contribution in [3.05, 3.63) is 75.7 Å². The van der Waals surface area contributed by atoms with E-state index in [2.05, 4.69) is 15.3 Å². The summed E-state index contributed by atoms with van der Waals surface area (Å²) < 4.78 is 5.30. The predicted molar refractivity (Wildman–Crippen MR) is 110 cm³/mol. The summed E-state index contributed by atoms with van der Waals surface area (Å²) >= 11 is 12.0. The molecule has 2 atom stereocenters. The number of rotatable bonds is 4. The van der Waals surface area contributed by atoms with Crippen molar-refractivity contribution in [1.29, 1.82) is 0 Å². The highest BCUT2D eigenvalue weighted by atomic mass is 35.5. The number of amides is 1. The van der Waals surface area contributed by atoms with Crippen LogP contribution in [0.25, 0.3) is 11.3 Å². The van der Waals surface area contributed by atoms with Gasteiger partial charge in [-0.1, -0.05) is 47.5 Å². The van der Waals surface area contributed by atoms with Crippen molar-refractivity contribution >= 4 is 35.1 Å². The van der Waals surface area contributed by atoms with Crippen LogP contribution in [0, 0.1) is 0 Å². The molecule has 0 unspecified atom stereocenters. The Kier molecular flexibility index (Phi) is 5.30. The van der Waals surface area contributed by atoms with E-state index in [9.17, 15) is 9.59 Å². The molecule has 0 saturated heterocycles. The molecule has 1 aliphatic rings. The van der Waals surface area contributed by atoms with Crippen LogP contribution >= 0.6 is 23.2 Å². The number of aromatic nitrogens is 2. The van der Waals surface area contributed by atoms with Crippen molar-refractivity contribution < 1.29 is 14.3 Å². The molecule has 1 amide bonds. The Bertz CT molecular complexity index is 1100. The number of hydrogen-bond acceptors (Lipinski definition) is 4. The summed E-state index contributed by atoms with van der Waals surface area (Å²) in [6.45, 7) is 1.80. The maximum Gasteiger partial charge on any atom is 0.339 e. The molecule has 0 radical (unpaired) electrons. The lowest BCUT2D eigenvalue weighted by atomic mass is 9.98. The number of halogens is 2. The fourth-order valence-electron chi connectivity index (χ4n) is 3.22. The zero-order chi connectivity index (χ0) is 20.5. The minimum Gasteiger partial charge on any atom is -0.448 e. The maximum absolute atomic E-state index is 12.6. The zero-order valence-electron chi connectivity index (χ0n) is 15.4. The number of ether oxygens (including phenoxy) is 1. The third-order valence-corrected chi connectivity index (χ3v) is 5.52. The molecule has 1 aromatic heterocycles. The summed E-state index contributed by atoms with van der Waals surface area (Å²) in [6.07, 6.45) is 1.13. The van der Waals surface area contributed by atoms with E-state index in [1.807, 2.05) is 18.2 Å². The highest BCUT2D eigenvalue weighted by Crippen LogP contribution is 2.28. The second-order valence-corrected chi connectivity index (χ2v) is 7.61. The van der Waals surface area contributed by atoms with Crippen molar-refractivity contribution in [2.24, 2.45) is 0 Å². The lowest BCUT2D eigenvalue weighted by Crippen LogP contribution is -2.42. The number of H-pyrrole nitrogens is 1. The summed E-state index contributed by atoms with van der Waals surface area (Å²) in [5.41, 5.74) is 2.88. The molecule has 0 bridgehead atoms. The molecule has 0 aliphatic carbocycles. The van der Waals surface area contributed by atoms with E-state index in [1.54, 1.807) is 37.4 Å². The number of nitrogens with zero attached hydrogens (tertiary/aromatic N) is 1. The number of carbonyl (C=O) groups is 2. The van der Waals surface area contributed by atoms with E-state index in [0.29, 0.717) is 27.9 Å². The lowest BCUT2D eigenvalue weighted by Gasteiger charge is -2.24. The van der Waals surface area contributed by atoms with Crippen molar-refractivity contribution in [3.63, 3.8) is 0 Å². The van der Waals surface area contributed by atoms with Gasteiger partial charge >= 0.3 is 5.97 Å². The number of carbonyl (C=O) groups excluding carboxylic acids is 2. The smallest absolute Gasteiger partial charge is 0.339 e. The minimum atomic E-state index is -0.871. The maximum atomic E-state index is 12.6. The minimum absolute atomic E-state index is 0.340. The van der Waals surface area contributed by atoms with Gasteiger partial charge in [0.15, 0.2) is 6.10 Å². The molecule has 8 heteroatoms. The normalized spacial score (nSPS) is 16.7. The first-order valence-corrected chi connectivity index (χ1v) is 9.77. The second-order valence-electron chi connectivity index (χ2n) is 6.80. The Hall–Kier alpha value is -2.83. The largest absolute Gasteiger partial charge is 0.448 e. The van der Waals surface area contributed by atoms with Crippen molar-refractivity contribution in [1.82, 2.24) is 15.3 Å². The van der Waals surface area contributed by atoms with E-state index >= 15 is 0 Å². The molecule has 2 aromatic carbocycles. The van der Waals surface area contributed by atoms with Crippen molar-refractivity contribution in [2.45, 2.75) is 25.5 Å². The van der Waals surface area contributed by atoms with Gasteiger partial charge in [0, 0.05) is 12.0 Å². The second kappa shape index (κ2) is 7.89. The molecule has 2 heterocycles. The number of nitrogens with one attached hydrogen (secondary N) is 2. The number of benzene rings is 2. The Balaban J connectivity index is 1.45. The van der Waals surface area contributed by atoms with Crippen molar-refractivity contribution in [2.75, 3.05) is 0 Å². The van der Waals surface area contributed by atoms with Crippen LogP contribution < -0.4 is 5.32 Å². The molecule has 4 rings (SSSR count). The van der Waals surface area contributed by atoms with Crippen LogP contribution in [0.1, 0.15) is 34.7 Å². The van der Waals surface area contributed by atoms with E-state index in [0.717, 1.165) is 16.8 Å². The van der Waals surface area contributed by atoms with Gasteiger partial charge in [0.1, 0.15) is 5.82 Å². The highest BCUT2D eigenvalue weighted by molar-refractivity contribution is 6.42. The fraction of sp³-hybridized carbons (Fsp3) is 0.190. The molecule has 3 aromatic rings. The number of imidazole rings is 1. The van der Waals surface area contributed by atoms with Gasteiger partial charge in [0.05, 0.1) is 33.5 Å². The topological polar surface area (TPSA) is 84.1 Å². The first kappa shape index (κ1) is 19.5. The molecule has 0 saturated carbocycles. The molecule has 0 spiro atoms. The first-order chi connectivity index (χ1) is 13.9. The predicted octanol–water partition coefficient (Wildman–Crippen LogP) is 4.34. The first-order valence-electron chi connectivity index (χ1n) is 9.02. The number of aromatic amines is 1. The monoisotopic (exact) mass is 429 g/mol. The SMILES string of the molecule is C[C@@H](NC(=O)[C@@H]1Cc2ccccc2C(=O)O1)c1ncc(-c2ccc(Cl)c(Cl)c2)[nH]1. The molecule has 6 nitrogen and oxygen atoms in total. The quantitative estimate of drug-likeness (QED) is 0.603. The number of hydrogen-bond donors (Lipinski definition) is 2. The van der Waals surface area contributed by atoms with Crippen LogP contribution in [0.2, 0.25) is 10.0 Å². The van der Waals surface area contributed by atoms with E-state index in [1.165, 1.54) is 0 Å². The average Bonchev–Trinajstić information content (AvgIpc) is 3.20. The van der Waals surface area contributed by atoms with Crippen LogP contribution in [-0.2, 0) is 16.0 Å². The summed E-state index contributed by atoms with van der Waals surface area (Å²) in [5, 5.41) is 3.76. The Morgan fingerprint density at radius 2 is 2.03 bits per heavy atom. The molecule has 29 heavy (non-hydrogen) atoms. The van der Waals surface area contributed by atoms with E-state index < -0.39 is 18.1 Å². The average molecular weight is 430 g/mol. The standard InChI is InChI=1S/C21H17Cl2N3O3/c1-11(19-24-10-17(26-19)13-6-7-15(22)16(23)8-13)25-20(27)18-9-12-4-2-3-5-14(12)21(28)29-18/h2-8,10-11,18H,9H2,1H3,(H,24,26)(H,25,27)/t11-,18+/m1/s1. The number of cyclic esters (lactones) is 1. The van der Waals surface area contributed by atoms with Gasteiger partial charge in [-0.25, -0.2) is 9.78 Å². The molecule has 0 fully saturated rings. The Morgan fingerprint density at radius 1 is 1.24 bits per heavy atom. The summed E-state index contributed by atoms with van der Waals surface area (Å²) in [6, 6.07) is 12.0. The van der Waals surface area contributed by atoms with Gasteiger partial charge in [-0.2, -0.15) is 0 Å². The number of esters is 1. The fourth-order valence-corrected chi connectivity index (χ4v) is 3.52. The lowest BCUT2D eigenvalue weighted by molar-refractivity contribution is -0.131. The van der Waals surface area contributed by atoms with Gasteiger partial charge in [-0.15, -0.1) is 0 Å². The molecular weight excluding hydrogens is 413 g/mol. The van der Waals surface area contributed by atoms with Gasteiger partial charge < -0.3 is 15.0 Å². The third kappa shape index (κ3) is 3.99.